The summed E-state index contributed by atoms with van der Waals surface area (Å²) in [5, 5.41) is -0.512. The van der Waals surface area contributed by atoms with E-state index in [-0.39, 0.29) is 18.0 Å². The maximum Gasteiger partial charge on any atom is 0.417 e. The summed E-state index contributed by atoms with van der Waals surface area (Å²) in [7, 11) is -3.95. The lowest BCUT2D eigenvalue weighted by molar-refractivity contribution is -0.137. The molecule has 0 spiro atoms. The van der Waals surface area contributed by atoms with Crippen molar-refractivity contribution in [3.8, 4) is 0 Å². The van der Waals surface area contributed by atoms with E-state index in [0.717, 1.165) is 18.7 Å². The highest BCUT2D eigenvalue weighted by Gasteiger charge is 2.36. The Morgan fingerprint density at radius 1 is 1.18 bits per heavy atom. The van der Waals surface area contributed by atoms with E-state index in [1.54, 1.807) is 0 Å². The second-order valence-electron chi connectivity index (χ2n) is 4.98. The van der Waals surface area contributed by atoms with Crippen molar-refractivity contribution in [3.63, 3.8) is 0 Å². The first-order chi connectivity index (χ1) is 10.2. The average Bonchev–Trinajstić information content (AvgIpc) is 2.46. The highest BCUT2D eigenvalue weighted by Crippen LogP contribution is 2.36. The van der Waals surface area contributed by atoms with E-state index < -0.39 is 26.8 Å². The number of likely N-dealkylation sites (N-methyl/N-ethyl adjacent to an activating group) is 1. The minimum atomic E-state index is -4.69. The molecule has 1 fully saturated rings. The summed E-state index contributed by atoms with van der Waals surface area (Å²) in [6, 6.07) is 2.68. The van der Waals surface area contributed by atoms with E-state index >= 15 is 0 Å². The Kier molecular flexibility index (Phi) is 5.06. The molecule has 22 heavy (non-hydrogen) atoms. The number of benzene rings is 1. The molecule has 9 heteroatoms. The van der Waals surface area contributed by atoms with Crippen molar-refractivity contribution in [2.75, 3.05) is 32.7 Å². The first-order valence-electron chi connectivity index (χ1n) is 6.75. The molecule has 0 radical (unpaired) electrons. The molecule has 2 rings (SSSR count). The second-order valence-corrected chi connectivity index (χ2v) is 7.32. The monoisotopic (exact) mass is 356 g/mol. The zero-order chi connectivity index (χ0) is 16.5. The molecule has 4 nitrogen and oxygen atoms in total. The summed E-state index contributed by atoms with van der Waals surface area (Å²) in [6.45, 7) is 4.44. The van der Waals surface area contributed by atoms with Crippen molar-refractivity contribution < 1.29 is 21.6 Å². The van der Waals surface area contributed by atoms with Crippen LogP contribution in [0.25, 0.3) is 0 Å². The third kappa shape index (κ3) is 3.56. The molecule has 0 unspecified atom stereocenters. The van der Waals surface area contributed by atoms with E-state index in [2.05, 4.69) is 4.90 Å². The normalized spacial score (nSPS) is 18.6. The predicted octanol–water partition coefficient (Wildman–Crippen LogP) is 2.69. The molecule has 124 valence electrons. The fourth-order valence-corrected chi connectivity index (χ4v) is 3.99. The van der Waals surface area contributed by atoms with Crippen molar-refractivity contribution in [2.24, 2.45) is 0 Å². The number of hydrogen-bond acceptors (Lipinski definition) is 3. The van der Waals surface area contributed by atoms with Crippen LogP contribution in [0.2, 0.25) is 5.02 Å². The van der Waals surface area contributed by atoms with E-state index in [9.17, 15) is 21.6 Å². The number of halogens is 4. The number of nitrogens with zero attached hydrogens (tertiary/aromatic N) is 2. The van der Waals surface area contributed by atoms with Gasteiger partial charge in [-0.05, 0) is 24.7 Å². The molecule has 1 heterocycles. The van der Waals surface area contributed by atoms with Crippen LogP contribution in [0.15, 0.2) is 23.1 Å². The summed E-state index contributed by atoms with van der Waals surface area (Å²) in [5.74, 6) is 0. The summed E-state index contributed by atoms with van der Waals surface area (Å²) in [4.78, 5) is 1.70. The fourth-order valence-electron chi connectivity index (χ4n) is 2.32. The molecule has 0 bridgehead atoms. The van der Waals surface area contributed by atoms with Crippen molar-refractivity contribution >= 4 is 21.6 Å². The Morgan fingerprint density at radius 3 is 2.27 bits per heavy atom. The third-order valence-corrected chi connectivity index (χ3v) is 5.88. The molecule has 1 aromatic carbocycles. The van der Waals surface area contributed by atoms with Crippen molar-refractivity contribution in [3.05, 3.63) is 28.8 Å². The van der Waals surface area contributed by atoms with Crippen LogP contribution in [0.5, 0.6) is 0 Å². The van der Waals surface area contributed by atoms with Crippen molar-refractivity contribution in [2.45, 2.75) is 18.0 Å². The van der Waals surface area contributed by atoms with Crippen LogP contribution < -0.4 is 0 Å². The standard InChI is InChI=1S/C13H16ClF3N2O2S/c1-2-18-5-7-19(8-6-18)22(20,21)10-3-4-12(14)11(9-10)13(15,16)17/h3-4,9H,2,5-8H2,1H3. The van der Waals surface area contributed by atoms with Gasteiger partial charge < -0.3 is 4.90 Å². The molecule has 1 saturated heterocycles. The number of piperazine rings is 1. The van der Waals surface area contributed by atoms with Crippen LogP contribution in [0.4, 0.5) is 13.2 Å². The molecule has 0 aliphatic carbocycles. The van der Waals surface area contributed by atoms with Gasteiger partial charge in [-0.25, -0.2) is 8.42 Å². The molecule has 1 aliphatic rings. The SMILES string of the molecule is CCN1CCN(S(=O)(=O)c2ccc(Cl)c(C(F)(F)F)c2)CC1. The Balaban J connectivity index is 2.31. The maximum absolute atomic E-state index is 12.9. The molecular formula is C13H16ClF3N2O2S. The first-order valence-corrected chi connectivity index (χ1v) is 8.57. The van der Waals surface area contributed by atoms with Gasteiger partial charge in [-0.1, -0.05) is 18.5 Å². The number of sulfonamides is 1. The Labute approximate surface area is 132 Å². The lowest BCUT2D eigenvalue weighted by Gasteiger charge is -2.33. The number of rotatable bonds is 3. The molecule has 0 amide bonds. The minimum Gasteiger partial charge on any atom is -0.301 e. The van der Waals surface area contributed by atoms with Gasteiger partial charge >= 0.3 is 6.18 Å². The van der Waals surface area contributed by atoms with Gasteiger partial charge in [0.1, 0.15) is 0 Å². The fraction of sp³-hybridized carbons (Fsp3) is 0.538. The van der Waals surface area contributed by atoms with Gasteiger partial charge in [0.2, 0.25) is 10.0 Å². The van der Waals surface area contributed by atoms with Gasteiger partial charge in [-0.2, -0.15) is 17.5 Å². The molecule has 0 atom stereocenters. The molecular weight excluding hydrogens is 341 g/mol. The van der Waals surface area contributed by atoms with Crippen molar-refractivity contribution in [1.29, 1.82) is 0 Å². The Hall–Kier alpha value is -0.830. The first kappa shape index (κ1) is 17.5. The summed E-state index contributed by atoms with van der Waals surface area (Å²) >= 11 is 5.52. The van der Waals surface area contributed by atoms with Crippen LogP contribution in [0.3, 0.4) is 0 Å². The Morgan fingerprint density at radius 2 is 1.77 bits per heavy atom. The summed E-state index contributed by atoms with van der Waals surface area (Å²) in [5.41, 5.74) is -1.14. The minimum absolute atomic E-state index is 0.264. The zero-order valence-electron chi connectivity index (χ0n) is 11.9. The number of hydrogen-bond donors (Lipinski definition) is 0. The van der Waals surface area contributed by atoms with Crippen LogP contribution in [-0.2, 0) is 16.2 Å². The average molecular weight is 357 g/mol. The number of alkyl halides is 3. The van der Waals surface area contributed by atoms with Gasteiger partial charge in [-0.3, -0.25) is 0 Å². The molecule has 0 aromatic heterocycles. The highest BCUT2D eigenvalue weighted by atomic mass is 35.5. The van der Waals surface area contributed by atoms with Crippen molar-refractivity contribution in [1.82, 2.24) is 9.21 Å². The predicted molar refractivity (Wildman–Crippen MR) is 77.3 cm³/mol. The molecule has 0 N–H and O–H groups in total. The molecule has 1 aromatic rings. The van der Waals surface area contributed by atoms with Crippen LogP contribution in [-0.4, -0.2) is 50.3 Å². The maximum atomic E-state index is 12.9. The third-order valence-electron chi connectivity index (χ3n) is 3.66. The van der Waals surface area contributed by atoms with Gasteiger partial charge in [0, 0.05) is 26.2 Å². The van der Waals surface area contributed by atoms with Crippen LogP contribution in [0, 0.1) is 0 Å². The van der Waals surface area contributed by atoms with E-state index in [1.165, 1.54) is 4.31 Å². The molecule has 0 saturated carbocycles. The van der Waals surface area contributed by atoms with Gasteiger partial charge in [0.05, 0.1) is 15.5 Å². The topological polar surface area (TPSA) is 40.6 Å². The summed E-state index contributed by atoms with van der Waals surface area (Å²) < 4.78 is 64.7. The van der Waals surface area contributed by atoms with E-state index in [1.807, 2.05) is 6.92 Å². The smallest absolute Gasteiger partial charge is 0.301 e. The van der Waals surface area contributed by atoms with Crippen LogP contribution in [0.1, 0.15) is 12.5 Å². The lowest BCUT2D eigenvalue weighted by atomic mass is 10.2. The van der Waals surface area contributed by atoms with Gasteiger partial charge in [-0.15, -0.1) is 0 Å². The zero-order valence-corrected chi connectivity index (χ0v) is 13.5. The molecule has 1 aliphatic heterocycles. The highest BCUT2D eigenvalue weighted by molar-refractivity contribution is 7.89. The second kappa shape index (κ2) is 6.35. The lowest BCUT2D eigenvalue weighted by Crippen LogP contribution is -2.48. The largest absolute Gasteiger partial charge is 0.417 e. The Bertz CT molecular complexity index is 641. The summed E-state index contributed by atoms with van der Waals surface area (Å²) in [6.07, 6.45) is -4.69. The van der Waals surface area contributed by atoms with E-state index in [4.69, 9.17) is 11.6 Å². The van der Waals surface area contributed by atoms with Crippen LogP contribution >= 0.6 is 11.6 Å². The van der Waals surface area contributed by atoms with E-state index in [0.29, 0.717) is 19.2 Å². The van der Waals surface area contributed by atoms with Gasteiger partial charge in [0.15, 0.2) is 0 Å². The van der Waals surface area contributed by atoms with Gasteiger partial charge in [0.25, 0.3) is 0 Å². The quantitative estimate of drug-likeness (QED) is 0.836.